The van der Waals surface area contributed by atoms with Gasteiger partial charge in [-0.2, -0.15) is 13.2 Å². The highest BCUT2D eigenvalue weighted by Crippen LogP contribution is 2.39. The maximum Gasteiger partial charge on any atom is 0.417 e. The van der Waals surface area contributed by atoms with Gasteiger partial charge in [-0.15, -0.1) is 0 Å². The summed E-state index contributed by atoms with van der Waals surface area (Å²) in [5.74, 6) is -2.59. The lowest BCUT2D eigenvalue weighted by Gasteiger charge is -2.21. The first kappa shape index (κ1) is 31.6. The molecule has 4 aromatic rings. The van der Waals surface area contributed by atoms with Crippen molar-refractivity contribution in [2.75, 3.05) is 11.9 Å². The zero-order valence-electron chi connectivity index (χ0n) is 23.7. The van der Waals surface area contributed by atoms with Crippen LogP contribution in [0.4, 0.5) is 27.5 Å². The minimum absolute atomic E-state index is 0.0358. The van der Waals surface area contributed by atoms with Gasteiger partial charge in [0.1, 0.15) is 5.82 Å². The van der Waals surface area contributed by atoms with Gasteiger partial charge in [0.25, 0.3) is 5.91 Å². The van der Waals surface area contributed by atoms with Crippen LogP contribution >= 0.6 is 11.3 Å². The summed E-state index contributed by atoms with van der Waals surface area (Å²) in [6, 6.07) is 13.8. The fraction of sp³-hybridized carbons (Fsp3) is 0.250. The Bertz CT molecular complexity index is 1750. The monoisotopic (exact) mass is 640 g/mol. The molecule has 8 nitrogen and oxygen atoms in total. The molecule has 1 atom stereocenters. The number of thiazole rings is 1. The number of nitrogens with zero attached hydrogens (tertiary/aromatic N) is 1. The Kier molecular flexibility index (Phi) is 9.47. The number of carboxylic acid groups (broad SMARTS) is 1. The second-order valence-electron chi connectivity index (χ2n) is 10.5. The average molecular weight is 641 g/mol. The van der Waals surface area contributed by atoms with Crippen molar-refractivity contribution in [3.8, 4) is 0 Å². The molecular formula is C32H28F4N4O4S. The third-order valence-electron chi connectivity index (χ3n) is 7.29. The van der Waals surface area contributed by atoms with Gasteiger partial charge < -0.3 is 15.7 Å². The van der Waals surface area contributed by atoms with Gasteiger partial charge in [0, 0.05) is 18.2 Å². The quantitative estimate of drug-likeness (QED) is 0.141. The van der Waals surface area contributed by atoms with Crippen LogP contribution in [0.15, 0.2) is 66.7 Å². The van der Waals surface area contributed by atoms with Gasteiger partial charge in [0.05, 0.1) is 28.2 Å². The molecule has 0 spiro atoms. The predicted octanol–water partition coefficient (Wildman–Crippen LogP) is 7.53. The number of aliphatic carboxylic acids is 1. The Morgan fingerprint density at radius 2 is 1.67 bits per heavy atom. The third-order valence-corrected chi connectivity index (χ3v) is 8.31. The first-order valence-electron chi connectivity index (χ1n) is 14.1. The van der Waals surface area contributed by atoms with Crippen molar-refractivity contribution in [1.82, 2.24) is 15.6 Å². The molecule has 13 heteroatoms. The largest absolute Gasteiger partial charge is 0.481 e. The van der Waals surface area contributed by atoms with E-state index in [4.69, 9.17) is 5.11 Å². The minimum atomic E-state index is -4.81. The Balaban J connectivity index is 1.39. The molecule has 1 unspecified atom stereocenters. The summed E-state index contributed by atoms with van der Waals surface area (Å²) in [6.45, 7) is -0.0358. The molecule has 0 bridgehead atoms. The third kappa shape index (κ3) is 7.85. The Hall–Kier alpha value is -4.78. The number of amides is 3. The van der Waals surface area contributed by atoms with Crippen LogP contribution in [0.1, 0.15) is 70.8 Å². The molecule has 0 saturated heterocycles. The molecular weight excluding hydrogens is 612 g/mol. The van der Waals surface area contributed by atoms with Crippen LogP contribution in [0.25, 0.3) is 15.8 Å². The van der Waals surface area contributed by atoms with Crippen molar-refractivity contribution in [2.24, 2.45) is 0 Å². The fourth-order valence-corrected chi connectivity index (χ4v) is 6.06. The topological polar surface area (TPSA) is 120 Å². The molecule has 0 fully saturated rings. The second-order valence-corrected chi connectivity index (χ2v) is 11.5. The molecule has 4 N–H and O–H groups in total. The van der Waals surface area contributed by atoms with Gasteiger partial charge in [-0.25, -0.2) is 14.2 Å². The highest BCUT2D eigenvalue weighted by molar-refractivity contribution is 7.22. The molecule has 1 heterocycles. The molecule has 3 aromatic carbocycles. The lowest BCUT2D eigenvalue weighted by atomic mass is 9.91. The molecule has 5 rings (SSSR count). The number of fused-ring (bicyclic) bond motifs is 1. The highest BCUT2D eigenvalue weighted by Gasteiger charge is 2.34. The van der Waals surface area contributed by atoms with Crippen LogP contribution in [0.5, 0.6) is 0 Å². The number of hydrogen-bond donors (Lipinski definition) is 4. The van der Waals surface area contributed by atoms with E-state index in [1.165, 1.54) is 5.57 Å². The number of alkyl halides is 3. The number of halogens is 4. The molecule has 0 aliphatic heterocycles. The van der Waals surface area contributed by atoms with E-state index >= 15 is 0 Å². The minimum Gasteiger partial charge on any atom is -0.481 e. The number of aromatic nitrogens is 1. The van der Waals surface area contributed by atoms with Crippen LogP contribution in [0.3, 0.4) is 0 Å². The number of carbonyl (C=O) groups excluding carboxylic acids is 2. The fourth-order valence-electron chi connectivity index (χ4n) is 5.09. The van der Waals surface area contributed by atoms with E-state index < -0.39 is 41.5 Å². The molecule has 0 saturated carbocycles. The van der Waals surface area contributed by atoms with E-state index in [0.29, 0.717) is 28.5 Å². The number of carbonyl (C=O) groups is 3. The maximum absolute atomic E-state index is 13.9. The van der Waals surface area contributed by atoms with Crippen LogP contribution in [-0.4, -0.2) is 34.5 Å². The molecule has 0 radical (unpaired) electrons. The number of allylic oxidation sites excluding steroid dienone is 2. The zero-order chi connectivity index (χ0) is 32.1. The summed E-state index contributed by atoms with van der Waals surface area (Å²) in [4.78, 5) is 40.4. The van der Waals surface area contributed by atoms with Gasteiger partial charge in [0.2, 0.25) is 0 Å². The molecule has 234 valence electrons. The summed E-state index contributed by atoms with van der Waals surface area (Å²) in [7, 11) is 0. The van der Waals surface area contributed by atoms with Crippen molar-refractivity contribution in [2.45, 2.75) is 44.3 Å². The standard InChI is InChI=1S/C32H28F4N4O4S/c33-23-16-24(32(34,35)36)28-25(17-23)38-31(45-28)40-30(44)39-27(20-8-6-19(7-9-20)18-4-2-1-3-5-18)21-10-12-22(13-11-21)29(43)37-15-14-26(41)42/h4,6-13,16-17,27H,1-3,5,14-15H2,(H,37,43)(H,41,42)(H2,38,39,40,44). The molecule has 3 amide bonds. The van der Waals surface area contributed by atoms with E-state index in [1.54, 1.807) is 24.3 Å². The SMILES string of the molecule is O=C(O)CCNC(=O)c1ccc(C(NC(=O)Nc2nc3cc(F)cc(C(F)(F)F)c3s2)c2ccc(C3=CCCCC3)cc2)cc1. The van der Waals surface area contributed by atoms with Crippen LogP contribution < -0.4 is 16.0 Å². The number of rotatable bonds is 9. The molecule has 1 aliphatic rings. The number of anilines is 1. The maximum atomic E-state index is 13.9. The van der Waals surface area contributed by atoms with Crippen LogP contribution in [0.2, 0.25) is 0 Å². The number of nitrogens with one attached hydrogen (secondary N) is 3. The Morgan fingerprint density at radius 3 is 2.29 bits per heavy atom. The van der Waals surface area contributed by atoms with Crippen molar-refractivity contribution in [3.05, 3.63) is 100 Å². The smallest absolute Gasteiger partial charge is 0.417 e. The summed E-state index contributed by atoms with van der Waals surface area (Å²) in [6.07, 6.45) is 1.43. The zero-order valence-corrected chi connectivity index (χ0v) is 24.5. The van der Waals surface area contributed by atoms with Gasteiger partial charge in [-0.1, -0.05) is 53.8 Å². The van der Waals surface area contributed by atoms with Crippen molar-refractivity contribution < 1.29 is 37.1 Å². The van der Waals surface area contributed by atoms with Gasteiger partial charge in [0.15, 0.2) is 5.13 Å². The van der Waals surface area contributed by atoms with E-state index in [-0.39, 0.29) is 33.9 Å². The van der Waals surface area contributed by atoms with E-state index in [2.05, 4.69) is 27.0 Å². The average Bonchev–Trinajstić information content (AvgIpc) is 3.41. The number of hydrogen-bond acceptors (Lipinski definition) is 5. The van der Waals surface area contributed by atoms with E-state index in [0.717, 1.165) is 37.3 Å². The van der Waals surface area contributed by atoms with E-state index in [9.17, 15) is 31.9 Å². The summed E-state index contributed by atoms with van der Waals surface area (Å²) < 4.78 is 54.1. The molecule has 1 aliphatic carbocycles. The molecule has 45 heavy (non-hydrogen) atoms. The second kappa shape index (κ2) is 13.5. The van der Waals surface area contributed by atoms with Gasteiger partial charge in [-0.05, 0) is 66.1 Å². The first-order valence-corrected chi connectivity index (χ1v) is 14.9. The summed E-state index contributed by atoms with van der Waals surface area (Å²) >= 11 is 0.580. The summed E-state index contributed by atoms with van der Waals surface area (Å²) in [5, 5.41) is 16.5. The number of urea groups is 1. The Morgan fingerprint density at radius 1 is 0.978 bits per heavy atom. The van der Waals surface area contributed by atoms with Crippen molar-refractivity contribution in [3.63, 3.8) is 0 Å². The van der Waals surface area contributed by atoms with Crippen LogP contribution in [-0.2, 0) is 11.0 Å². The number of carboxylic acids is 1. The van der Waals surface area contributed by atoms with Gasteiger partial charge >= 0.3 is 18.2 Å². The lowest BCUT2D eigenvalue weighted by Crippen LogP contribution is -2.33. The molecule has 1 aromatic heterocycles. The Labute approximate surface area is 259 Å². The normalized spacial score (nSPS) is 14.0. The summed E-state index contributed by atoms with van der Waals surface area (Å²) in [5.41, 5.74) is 2.49. The highest BCUT2D eigenvalue weighted by atomic mass is 32.1. The predicted molar refractivity (Wildman–Crippen MR) is 162 cm³/mol. The first-order chi connectivity index (χ1) is 21.5. The van der Waals surface area contributed by atoms with Crippen molar-refractivity contribution >= 4 is 50.2 Å². The van der Waals surface area contributed by atoms with E-state index in [1.807, 2.05) is 24.3 Å². The number of benzene rings is 3. The van der Waals surface area contributed by atoms with Crippen LogP contribution in [0, 0.1) is 5.82 Å². The lowest BCUT2D eigenvalue weighted by molar-refractivity contribution is -0.137. The van der Waals surface area contributed by atoms with Crippen molar-refractivity contribution in [1.29, 1.82) is 0 Å². The van der Waals surface area contributed by atoms with Gasteiger partial charge in [-0.3, -0.25) is 14.9 Å².